The fourth-order valence-electron chi connectivity index (χ4n) is 3.20. The third-order valence-electron chi connectivity index (χ3n) is 4.99. The molecule has 0 atom stereocenters. The second-order valence-corrected chi connectivity index (χ2v) is 9.31. The van der Waals surface area contributed by atoms with E-state index < -0.39 is 11.9 Å². The van der Waals surface area contributed by atoms with Crippen LogP contribution in [0.15, 0.2) is 46.8 Å². The van der Waals surface area contributed by atoms with E-state index in [1.807, 2.05) is 50.4 Å². The van der Waals surface area contributed by atoms with Crippen molar-refractivity contribution in [1.29, 1.82) is 0 Å². The van der Waals surface area contributed by atoms with Crippen LogP contribution in [-0.2, 0) is 11.3 Å². The Balaban J connectivity index is 1.52. The van der Waals surface area contributed by atoms with Gasteiger partial charge in [0.2, 0.25) is 5.91 Å². The third kappa shape index (κ3) is 4.28. The number of urea groups is 1. The molecule has 0 aliphatic carbocycles. The number of aromatic nitrogens is 2. The minimum absolute atomic E-state index is 0.305. The van der Waals surface area contributed by atoms with Gasteiger partial charge in [0.1, 0.15) is 11.4 Å². The molecule has 0 fully saturated rings. The molecule has 0 aliphatic heterocycles. The summed E-state index contributed by atoms with van der Waals surface area (Å²) in [5, 5.41) is 7.34. The summed E-state index contributed by atoms with van der Waals surface area (Å²) in [4.78, 5) is 44.7. The minimum Gasteiger partial charge on any atom is -0.307 e. The summed E-state index contributed by atoms with van der Waals surface area (Å²) in [5.74, 6) is -0.602. The fraction of sp³-hybridized carbons (Fsp3) is 0.182. The number of carbonyl (C=O) groups is 2. The summed E-state index contributed by atoms with van der Waals surface area (Å²) < 4.78 is 1.22. The maximum absolute atomic E-state index is 13.0. The van der Waals surface area contributed by atoms with Crippen molar-refractivity contribution in [3.05, 3.63) is 68.4 Å². The fourth-order valence-corrected chi connectivity index (χ4v) is 5.06. The summed E-state index contributed by atoms with van der Waals surface area (Å²) in [6.07, 6.45) is 1.34. The van der Waals surface area contributed by atoms with Crippen molar-refractivity contribution in [2.45, 2.75) is 27.3 Å². The van der Waals surface area contributed by atoms with Crippen LogP contribution in [0.25, 0.3) is 20.7 Å². The zero-order chi connectivity index (χ0) is 22.1. The highest BCUT2D eigenvalue weighted by atomic mass is 32.1. The number of amides is 3. The van der Waals surface area contributed by atoms with Crippen molar-refractivity contribution in [1.82, 2.24) is 14.9 Å². The average molecular weight is 453 g/mol. The quantitative estimate of drug-likeness (QED) is 0.478. The summed E-state index contributed by atoms with van der Waals surface area (Å²) >= 11 is 2.99. The molecule has 0 unspecified atom stereocenters. The highest BCUT2D eigenvalue weighted by Crippen LogP contribution is 2.34. The van der Waals surface area contributed by atoms with Gasteiger partial charge in [-0.15, -0.1) is 22.7 Å². The summed E-state index contributed by atoms with van der Waals surface area (Å²) in [6, 6.07) is 8.86. The zero-order valence-electron chi connectivity index (χ0n) is 17.2. The predicted molar refractivity (Wildman–Crippen MR) is 125 cm³/mol. The molecule has 0 spiro atoms. The first kappa shape index (κ1) is 21.0. The first-order chi connectivity index (χ1) is 14.8. The lowest BCUT2D eigenvalue weighted by Gasteiger charge is -2.11. The molecule has 4 aromatic rings. The number of nitrogens with one attached hydrogen (secondary N) is 2. The zero-order valence-corrected chi connectivity index (χ0v) is 18.8. The largest absolute Gasteiger partial charge is 0.325 e. The molecule has 1 aromatic carbocycles. The Hall–Kier alpha value is -3.30. The number of thiophene rings is 2. The molecule has 4 rings (SSSR count). The Bertz CT molecular complexity index is 1370. The van der Waals surface area contributed by atoms with Gasteiger partial charge >= 0.3 is 6.03 Å². The molecule has 3 heterocycles. The van der Waals surface area contributed by atoms with Crippen molar-refractivity contribution >= 4 is 50.5 Å². The van der Waals surface area contributed by atoms with Gasteiger partial charge in [0.25, 0.3) is 5.56 Å². The topological polar surface area (TPSA) is 93.1 Å². The van der Waals surface area contributed by atoms with E-state index in [0.717, 1.165) is 26.4 Å². The Morgan fingerprint density at radius 2 is 1.94 bits per heavy atom. The Morgan fingerprint density at radius 1 is 1.13 bits per heavy atom. The van der Waals surface area contributed by atoms with Crippen molar-refractivity contribution in [3.63, 3.8) is 0 Å². The maximum atomic E-state index is 13.0. The van der Waals surface area contributed by atoms with Crippen LogP contribution in [-0.4, -0.2) is 21.5 Å². The van der Waals surface area contributed by atoms with E-state index in [1.165, 1.54) is 22.2 Å². The van der Waals surface area contributed by atoms with E-state index in [9.17, 15) is 14.4 Å². The molecule has 2 N–H and O–H groups in total. The van der Waals surface area contributed by atoms with Crippen LogP contribution in [0.1, 0.15) is 16.0 Å². The molecule has 0 saturated carbocycles. The molecule has 0 aliphatic rings. The van der Waals surface area contributed by atoms with Gasteiger partial charge in [-0.3, -0.25) is 19.5 Å². The van der Waals surface area contributed by atoms with Crippen LogP contribution in [0.4, 0.5) is 10.5 Å². The first-order valence-electron chi connectivity index (χ1n) is 9.54. The highest BCUT2D eigenvalue weighted by molar-refractivity contribution is 7.19. The lowest BCUT2D eigenvalue weighted by molar-refractivity contribution is -0.120. The average Bonchev–Trinajstić information content (AvgIpc) is 3.34. The van der Waals surface area contributed by atoms with Crippen molar-refractivity contribution in [3.8, 4) is 10.4 Å². The standard InChI is InChI=1S/C22H20N4O3S2/c1-12-5-4-6-16(14(12)3)24-22(29)25-18(27)9-26-11-23-20-19(21(26)28)15(10-30-20)17-8-7-13(2)31-17/h4-8,10-11H,9H2,1-3H3,(H2,24,25,27,29). The van der Waals surface area contributed by atoms with Crippen LogP contribution in [0, 0.1) is 20.8 Å². The number of benzene rings is 1. The van der Waals surface area contributed by atoms with Gasteiger partial charge in [-0.2, -0.15) is 0 Å². The smallest absolute Gasteiger partial charge is 0.307 e. The van der Waals surface area contributed by atoms with Gasteiger partial charge in [0.05, 0.1) is 11.7 Å². The Morgan fingerprint density at radius 3 is 2.68 bits per heavy atom. The first-order valence-corrected chi connectivity index (χ1v) is 11.2. The molecule has 158 valence electrons. The molecule has 9 heteroatoms. The number of rotatable bonds is 4. The Kier molecular flexibility index (Phi) is 5.71. The van der Waals surface area contributed by atoms with Gasteiger partial charge in [-0.1, -0.05) is 12.1 Å². The number of anilines is 1. The van der Waals surface area contributed by atoms with Gasteiger partial charge < -0.3 is 5.32 Å². The van der Waals surface area contributed by atoms with E-state index >= 15 is 0 Å². The van der Waals surface area contributed by atoms with Gasteiger partial charge in [-0.05, 0) is 50.1 Å². The van der Waals surface area contributed by atoms with Crippen LogP contribution in [0.5, 0.6) is 0 Å². The van der Waals surface area contributed by atoms with Crippen LogP contribution in [0.3, 0.4) is 0 Å². The molecule has 0 bridgehead atoms. The lowest BCUT2D eigenvalue weighted by Crippen LogP contribution is -2.38. The highest BCUT2D eigenvalue weighted by Gasteiger charge is 2.17. The van der Waals surface area contributed by atoms with Crippen molar-refractivity contribution in [2.24, 2.45) is 0 Å². The number of carbonyl (C=O) groups excluding carboxylic acids is 2. The van der Waals surface area contributed by atoms with E-state index in [0.29, 0.717) is 15.9 Å². The van der Waals surface area contributed by atoms with E-state index in [1.54, 1.807) is 17.4 Å². The minimum atomic E-state index is -0.647. The van der Waals surface area contributed by atoms with Gasteiger partial charge in [-0.25, -0.2) is 9.78 Å². The summed E-state index contributed by atoms with van der Waals surface area (Å²) in [5.41, 5.74) is 3.09. The van der Waals surface area contributed by atoms with E-state index in [-0.39, 0.29) is 12.1 Å². The van der Waals surface area contributed by atoms with Crippen LogP contribution >= 0.6 is 22.7 Å². The molecule has 0 saturated heterocycles. The number of nitrogens with zero attached hydrogens (tertiary/aromatic N) is 2. The summed E-state index contributed by atoms with van der Waals surface area (Å²) in [7, 11) is 0. The SMILES string of the molecule is Cc1ccc(-c2csc3ncn(CC(=O)NC(=O)Nc4cccc(C)c4C)c(=O)c23)s1. The van der Waals surface area contributed by atoms with E-state index in [2.05, 4.69) is 15.6 Å². The number of hydrogen-bond donors (Lipinski definition) is 2. The maximum Gasteiger partial charge on any atom is 0.325 e. The van der Waals surface area contributed by atoms with Crippen molar-refractivity contribution < 1.29 is 9.59 Å². The number of fused-ring (bicyclic) bond motifs is 1. The van der Waals surface area contributed by atoms with Gasteiger partial charge in [0.15, 0.2) is 0 Å². The molecular formula is C22H20N4O3S2. The Labute approximate surface area is 186 Å². The molecule has 3 amide bonds. The van der Waals surface area contributed by atoms with Crippen molar-refractivity contribution in [2.75, 3.05) is 5.32 Å². The molecule has 3 aromatic heterocycles. The normalized spacial score (nSPS) is 10.9. The monoisotopic (exact) mass is 452 g/mol. The van der Waals surface area contributed by atoms with Crippen LogP contribution in [0.2, 0.25) is 0 Å². The van der Waals surface area contributed by atoms with Crippen LogP contribution < -0.4 is 16.2 Å². The number of hydrogen-bond acceptors (Lipinski definition) is 6. The molecular weight excluding hydrogens is 432 g/mol. The van der Waals surface area contributed by atoms with E-state index in [4.69, 9.17) is 0 Å². The summed E-state index contributed by atoms with van der Waals surface area (Å²) in [6.45, 7) is 5.53. The molecule has 7 nitrogen and oxygen atoms in total. The number of imide groups is 1. The second-order valence-electron chi connectivity index (χ2n) is 7.17. The second kappa shape index (κ2) is 8.44. The van der Waals surface area contributed by atoms with Gasteiger partial charge in [0, 0.05) is 26.4 Å². The lowest BCUT2D eigenvalue weighted by atomic mass is 10.1. The predicted octanol–water partition coefficient (Wildman–Crippen LogP) is 4.46. The third-order valence-corrected chi connectivity index (χ3v) is 6.91. The number of aryl methyl sites for hydroxylation is 2. The molecule has 0 radical (unpaired) electrons. The molecule has 31 heavy (non-hydrogen) atoms.